The Kier molecular flexibility index (Phi) is 10.7. The van der Waals surface area contributed by atoms with E-state index in [2.05, 4.69) is 6.58 Å². The molecule has 0 rings (SSSR count). The van der Waals surface area contributed by atoms with E-state index in [0.29, 0.717) is 4.48 Å². The molecule has 0 amide bonds. The summed E-state index contributed by atoms with van der Waals surface area (Å²) >= 11 is 0. The number of hydrogen-bond donors (Lipinski definition) is 1. The molecule has 0 bridgehead atoms. The van der Waals surface area contributed by atoms with Crippen molar-refractivity contribution in [3.63, 3.8) is 0 Å². The third kappa shape index (κ3) is 7.40. The lowest BCUT2D eigenvalue weighted by atomic mass is 10.4. The van der Waals surface area contributed by atoms with Crippen molar-refractivity contribution >= 4 is 19.2 Å². The van der Waals surface area contributed by atoms with Gasteiger partial charge in [0.15, 0.2) is 14.3 Å². The summed E-state index contributed by atoms with van der Waals surface area (Å²) in [6.07, 6.45) is -1.44. The molecule has 0 aromatic carbocycles. The Bertz CT molecular complexity index is 508. The molecule has 1 N–H and O–H groups in total. The van der Waals surface area contributed by atoms with E-state index in [1.54, 1.807) is 20.8 Å². The van der Waals surface area contributed by atoms with E-state index >= 15 is 0 Å². The first-order valence-corrected chi connectivity index (χ1v) is 9.79. The number of nitrogens with zero attached hydrogens (tertiary/aromatic N) is 1. The van der Waals surface area contributed by atoms with Gasteiger partial charge in [0.1, 0.15) is 0 Å². The molecule has 0 saturated heterocycles. The molecular formula is C17H33NO7P+. The summed E-state index contributed by atoms with van der Waals surface area (Å²) in [6, 6.07) is 0. The first kappa shape index (κ1) is 25.1. The van der Waals surface area contributed by atoms with Crippen LogP contribution in [0.4, 0.5) is 0 Å². The number of carbonyl (C=O) groups excluding carboxylic acids is 1. The number of aliphatic hydroxyl groups excluding tert-OH is 1. The maximum atomic E-state index is 13.2. The average Bonchev–Trinajstić information content (AvgIpc) is 2.51. The lowest BCUT2D eigenvalue weighted by Gasteiger charge is -2.35. The molecule has 0 aromatic rings. The minimum absolute atomic E-state index is 0.102. The highest BCUT2D eigenvalue weighted by molar-refractivity contribution is 7.52. The Balaban J connectivity index is 6.21. The highest BCUT2D eigenvalue weighted by atomic mass is 31.1. The predicted molar refractivity (Wildman–Crippen MR) is 99.1 cm³/mol. The Hall–Kier alpha value is -0.860. The van der Waals surface area contributed by atoms with E-state index in [1.807, 2.05) is 21.1 Å². The van der Waals surface area contributed by atoms with E-state index in [1.165, 1.54) is 6.92 Å². The van der Waals surface area contributed by atoms with Crippen molar-refractivity contribution in [2.45, 2.75) is 39.5 Å². The van der Waals surface area contributed by atoms with Gasteiger partial charge < -0.3 is 33.4 Å². The second kappa shape index (κ2) is 11.1. The number of ether oxygens (including phenoxy) is 4. The maximum absolute atomic E-state index is 13.2. The van der Waals surface area contributed by atoms with Crippen LogP contribution in [-0.4, -0.2) is 80.4 Å². The van der Waals surface area contributed by atoms with Crippen LogP contribution < -0.4 is 4.89 Å². The predicted octanol–water partition coefficient (Wildman–Crippen LogP) is 1.16. The van der Waals surface area contributed by atoms with Crippen molar-refractivity contribution < 1.29 is 38.2 Å². The van der Waals surface area contributed by atoms with Gasteiger partial charge >= 0.3 is 17.8 Å². The number of carbonyl (C=O) groups is 1. The number of hydrogen-bond acceptors (Lipinski definition) is 6. The smallest absolute Gasteiger partial charge is 0.397 e. The number of rotatable bonds is 12. The first-order valence-electron chi connectivity index (χ1n) is 8.53. The molecule has 0 saturated carbocycles. The Labute approximate surface area is 157 Å². The van der Waals surface area contributed by atoms with Crippen molar-refractivity contribution in [3.05, 3.63) is 12.2 Å². The molecule has 0 aromatic heterocycles. The quantitative estimate of drug-likeness (QED) is 0.174. The topological polar surface area (TPSA) is 97.3 Å². The summed E-state index contributed by atoms with van der Waals surface area (Å²) < 4.78 is 22.4. The van der Waals surface area contributed by atoms with Crippen LogP contribution >= 0.6 is 7.77 Å². The standard InChI is InChI=1S/C17H32NO7P/c1-9-22-16(25-15(20)13(4)5)17(23-10-2,24-11-3)26(21)14(19)12-18(6,7)8/h16H,4,9-12H2,1-3,5-8H3/p+1. The van der Waals surface area contributed by atoms with E-state index in [4.69, 9.17) is 18.9 Å². The zero-order valence-corrected chi connectivity index (χ0v) is 17.8. The molecule has 0 heterocycles. The lowest BCUT2D eigenvalue weighted by Crippen LogP contribution is -2.52. The van der Waals surface area contributed by atoms with Crippen LogP contribution in [0.5, 0.6) is 0 Å². The fourth-order valence-electron chi connectivity index (χ4n) is 2.04. The van der Waals surface area contributed by atoms with Gasteiger partial charge in [-0.3, -0.25) is 0 Å². The van der Waals surface area contributed by atoms with Crippen LogP contribution in [0.25, 0.3) is 0 Å². The van der Waals surface area contributed by atoms with E-state index in [9.17, 15) is 14.8 Å². The molecule has 2 atom stereocenters. The fourth-order valence-corrected chi connectivity index (χ4v) is 3.76. The van der Waals surface area contributed by atoms with Gasteiger partial charge in [0.05, 0.1) is 34.4 Å². The molecule has 0 aliphatic carbocycles. The molecule has 0 aliphatic rings. The minimum atomic E-state index is -2.64. The average molecular weight is 394 g/mol. The van der Waals surface area contributed by atoms with Gasteiger partial charge in [0.2, 0.25) is 0 Å². The maximum Gasteiger partial charge on any atom is 0.397 e. The molecular weight excluding hydrogens is 361 g/mol. The number of aliphatic hydroxyl groups is 1. The van der Waals surface area contributed by atoms with Gasteiger partial charge in [-0.15, -0.1) is 0 Å². The van der Waals surface area contributed by atoms with Crippen LogP contribution in [0.3, 0.4) is 0 Å². The minimum Gasteiger partial charge on any atom is -0.624 e. The Morgan fingerprint density at radius 1 is 1.19 bits per heavy atom. The summed E-state index contributed by atoms with van der Waals surface area (Å²) in [4.78, 5) is 25.2. The molecule has 2 unspecified atom stereocenters. The fraction of sp³-hybridized carbons (Fsp3) is 0.765. The normalized spacial score (nSPS) is 14.7. The summed E-state index contributed by atoms with van der Waals surface area (Å²) in [7, 11) is 2.87. The van der Waals surface area contributed by atoms with Crippen molar-refractivity contribution in [2.24, 2.45) is 0 Å². The first-order chi connectivity index (χ1) is 11.9. The van der Waals surface area contributed by atoms with Crippen molar-refractivity contribution in [3.8, 4) is 0 Å². The zero-order chi connectivity index (χ0) is 20.5. The highest BCUT2D eigenvalue weighted by Crippen LogP contribution is 2.42. The van der Waals surface area contributed by atoms with Crippen molar-refractivity contribution in [1.82, 2.24) is 0 Å². The lowest BCUT2D eigenvalue weighted by molar-refractivity contribution is -0.861. The van der Waals surface area contributed by atoms with E-state index in [0.717, 1.165) is 0 Å². The van der Waals surface area contributed by atoms with Gasteiger partial charge in [-0.2, -0.15) is 0 Å². The zero-order valence-electron chi connectivity index (χ0n) is 16.9. The Morgan fingerprint density at radius 3 is 2.04 bits per heavy atom. The third-order valence-electron chi connectivity index (χ3n) is 3.01. The molecule has 0 aliphatic heterocycles. The molecule has 0 spiro atoms. The SMILES string of the molecule is C=C(C)C(=O)OC(OCC)C(OCC)(OCC)/[P+]([O-])=C(/O)C[N+](C)(C)C. The van der Waals surface area contributed by atoms with Crippen molar-refractivity contribution in [1.29, 1.82) is 0 Å². The van der Waals surface area contributed by atoms with Crippen LogP contribution in [0.1, 0.15) is 27.7 Å². The van der Waals surface area contributed by atoms with Gasteiger partial charge in [0.25, 0.3) is 5.48 Å². The summed E-state index contributed by atoms with van der Waals surface area (Å²) in [5.74, 6) is -0.735. The molecule has 0 fully saturated rings. The van der Waals surface area contributed by atoms with Crippen LogP contribution in [0.2, 0.25) is 0 Å². The van der Waals surface area contributed by atoms with Crippen molar-refractivity contribution in [2.75, 3.05) is 47.5 Å². The van der Waals surface area contributed by atoms with Crippen LogP contribution in [-0.2, 0) is 23.7 Å². The monoisotopic (exact) mass is 394 g/mol. The molecule has 152 valence electrons. The van der Waals surface area contributed by atoms with Crippen LogP contribution in [0.15, 0.2) is 12.2 Å². The Morgan fingerprint density at radius 2 is 1.69 bits per heavy atom. The second-order valence-electron chi connectivity index (χ2n) is 6.63. The number of esters is 1. The number of likely N-dealkylation sites (N-methyl/N-ethyl adjacent to an activating group) is 1. The third-order valence-corrected chi connectivity index (χ3v) is 4.66. The van der Waals surface area contributed by atoms with Crippen LogP contribution in [0, 0.1) is 0 Å². The van der Waals surface area contributed by atoms with Gasteiger partial charge in [-0.25, -0.2) is 4.79 Å². The second-order valence-corrected chi connectivity index (χ2v) is 8.36. The summed E-state index contributed by atoms with van der Waals surface area (Å²) in [5.41, 5.74) is -2.13. The largest absolute Gasteiger partial charge is 0.624 e. The van der Waals surface area contributed by atoms with Gasteiger partial charge in [-0.1, -0.05) is 6.58 Å². The molecule has 9 heteroatoms. The molecule has 0 radical (unpaired) electrons. The summed E-state index contributed by atoms with van der Waals surface area (Å²) in [5, 5.41) is 10.4. The van der Waals surface area contributed by atoms with Gasteiger partial charge in [0, 0.05) is 12.2 Å². The molecule has 8 nitrogen and oxygen atoms in total. The number of quaternary nitrogens is 1. The molecule has 26 heavy (non-hydrogen) atoms. The highest BCUT2D eigenvalue weighted by Gasteiger charge is 2.55. The van der Waals surface area contributed by atoms with E-state index in [-0.39, 0.29) is 37.4 Å². The van der Waals surface area contributed by atoms with E-state index < -0.39 is 25.6 Å². The summed E-state index contributed by atoms with van der Waals surface area (Å²) in [6.45, 7) is 10.5. The van der Waals surface area contributed by atoms with Gasteiger partial charge in [-0.05, 0) is 27.7 Å².